The van der Waals surface area contributed by atoms with Crippen LogP contribution in [0.3, 0.4) is 0 Å². The van der Waals surface area contributed by atoms with Crippen molar-refractivity contribution in [2.45, 2.75) is 43.4 Å². The van der Waals surface area contributed by atoms with Gasteiger partial charge in [-0.3, -0.25) is 4.79 Å². The van der Waals surface area contributed by atoms with E-state index >= 15 is 0 Å². The summed E-state index contributed by atoms with van der Waals surface area (Å²) in [6.45, 7) is 3.93. The van der Waals surface area contributed by atoms with Crippen LogP contribution in [0, 0.1) is 0 Å². The Kier molecular flexibility index (Phi) is 5.17. The van der Waals surface area contributed by atoms with E-state index in [-0.39, 0.29) is 36.3 Å². The second-order valence-corrected chi connectivity index (χ2v) is 6.29. The zero-order valence-corrected chi connectivity index (χ0v) is 13.4. The Balaban J connectivity index is 0.00000176. The molecule has 2 fully saturated rings. The van der Waals surface area contributed by atoms with Crippen molar-refractivity contribution in [3.05, 3.63) is 24.2 Å². The number of aliphatic hydroxyl groups excluding tert-OH is 1. The maximum Gasteiger partial charge on any atom is 0.287 e. The Labute approximate surface area is 136 Å². The van der Waals surface area contributed by atoms with E-state index in [9.17, 15) is 9.90 Å². The Morgan fingerprint density at radius 3 is 2.82 bits per heavy atom. The molecule has 0 saturated carbocycles. The molecule has 124 valence electrons. The van der Waals surface area contributed by atoms with Crippen LogP contribution in [0.4, 0.5) is 0 Å². The van der Waals surface area contributed by atoms with Gasteiger partial charge in [0, 0.05) is 6.42 Å². The molecule has 7 heteroatoms. The minimum absolute atomic E-state index is 0. The average molecular weight is 331 g/mol. The number of furan rings is 1. The molecule has 2 aliphatic heterocycles. The largest absolute Gasteiger partial charge is 0.459 e. The SMILES string of the molecule is C[C@]1(NC(=O)c2ccco2)CC2(CCNCC2)OC[C@@H]1O.Cl. The molecule has 1 aromatic rings. The van der Waals surface area contributed by atoms with Gasteiger partial charge in [0.15, 0.2) is 5.76 Å². The highest BCUT2D eigenvalue weighted by atomic mass is 35.5. The number of aliphatic hydroxyl groups is 1. The summed E-state index contributed by atoms with van der Waals surface area (Å²) >= 11 is 0. The first-order chi connectivity index (χ1) is 10.0. The zero-order chi connectivity index (χ0) is 14.9. The van der Waals surface area contributed by atoms with Crippen molar-refractivity contribution in [2.75, 3.05) is 19.7 Å². The maximum absolute atomic E-state index is 12.2. The molecule has 0 radical (unpaired) electrons. The second kappa shape index (κ2) is 6.58. The van der Waals surface area contributed by atoms with E-state index in [2.05, 4.69) is 10.6 Å². The van der Waals surface area contributed by atoms with Gasteiger partial charge in [0.2, 0.25) is 0 Å². The molecule has 0 aliphatic carbocycles. The van der Waals surface area contributed by atoms with E-state index in [0.717, 1.165) is 25.9 Å². The molecule has 2 atom stereocenters. The maximum atomic E-state index is 12.2. The highest BCUT2D eigenvalue weighted by Gasteiger charge is 2.49. The van der Waals surface area contributed by atoms with Crippen molar-refractivity contribution >= 4 is 18.3 Å². The average Bonchev–Trinajstić information content (AvgIpc) is 2.99. The van der Waals surface area contributed by atoms with Gasteiger partial charge in [0.05, 0.1) is 24.0 Å². The summed E-state index contributed by atoms with van der Waals surface area (Å²) in [6, 6.07) is 3.29. The fourth-order valence-electron chi connectivity index (χ4n) is 3.34. The monoisotopic (exact) mass is 330 g/mol. The first-order valence-electron chi connectivity index (χ1n) is 7.42. The zero-order valence-electron chi connectivity index (χ0n) is 12.6. The molecule has 3 N–H and O–H groups in total. The summed E-state index contributed by atoms with van der Waals surface area (Å²) in [7, 11) is 0. The first kappa shape index (κ1) is 17.3. The number of carbonyl (C=O) groups excluding carboxylic acids is 1. The van der Waals surface area contributed by atoms with E-state index in [4.69, 9.17) is 9.15 Å². The van der Waals surface area contributed by atoms with Crippen LogP contribution in [0.5, 0.6) is 0 Å². The quantitative estimate of drug-likeness (QED) is 0.756. The lowest BCUT2D eigenvalue weighted by Gasteiger charge is -2.50. The molecule has 6 nitrogen and oxygen atoms in total. The number of ether oxygens (including phenoxy) is 1. The first-order valence-corrected chi connectivity index (χ1v) is 7.42. The highest BCUT2D eigenvalue weighted by molar-refractivity contribution is 5.92. The van der Waals surface area contributed by atoms with Gasteiger partial charge < -0.3 is 24.9 Å². The van der Waals surface area contributed by atoms with Crippen LogP contribution in [0.25, 0.3) is 0 Å². The molecule has 3 rings (SSSR count). The van der Waals surface area contributed by atoms with Gasteiger partial charge in [-0.15, -0.1) is 12.4 Å². The minimum Gasteiger partial charge on any atom is -0.459 e. The third-order valence-corrected chi connectivity index (χ3v) is 4.63. The molecule has 22 heavy (non-hydrogen) atoms. The molecule has 3 heterocycles. The van der Waals surface area contributed by atoms with Crippen molar-refractivity contribution in [2.24, 2.45) is 0 Å². The van der Waals surface area contributed by atoms with Crippen molar-refractivity contribution < 1.29 is 19.1 Å². The van der Waals surface area contributed by atoms with Crippen LogP contribution in [-0.2, 0) is 4.74 Å². The predicted octanol–water partition coefficient (Wildman–Crippen LogP) is 1.09. The third-order valence-electron chi connectivity index (χ3n) is 4.63. The second-order valence-electron chi connectivity index (χ2n) is 6.29. The predicted molar refractivity (Wildman–Crippen MR) is 83.2 cm³/mol. The Morgan fingerprint density at radius 2 is 2.18 bits per heavy atom. The Hall–Kier alpha value is -1.08. The van der Waals surface area contributed by atoms with Crippen molar-refractivity contribution in [1.82, 2.24) is 10.6 Å². The number of rotatable bonds is 2. The number of halogens is 1. The van der Waals surface area contributed by atoms with Gasteiger partial charge in [-0.05, 0) is 45.0 Å². The summed E-state index contributed by atoms with van der Waals surface area (Å²) in [5.74, 6) is -0.0400. The van der Waals surface area contributed by atoms with Crippen LogP contribution in [0.1, 0.15) is 36.7 Å². The molecular weight excluding hydrogens is 308 g/mol. The smallest absolute Gasteiger partial charge is 0.287 e. The van der Waals surface area contributed by atoms with Crippen LogP contribution in [0.2, 0.25) is 0 Å². The summed E-state index contributed by atoms with van der Waals surface area (Å²) in [6.07, 6.45) is 3.14. The Morgan fingerprint density at radius 1 is 1.45 bits per heavy atom. The summed E-state index contributed by atoms with van der Waals surface area (Å²) < 4.78 is 11.0. The van der Waals surface area contributed by atoms with Crippen molar-refractivity contribution in [3.8, 4) is 0 Å². The fraction of sp³-hybridized carbons (Fsp3) is 0.667. The molecule has 0 aromatic carbocycles. The molecule has 0 bridgehead atoms. The summed E-state index contributed by atoms with van der Waals surface area (Å²) in [5.41, 5.74) is -0.963. The molecule has 1 amide bonds. The molecule has 2 saturated heterocycles. The summed E-state index contributed by atoms with van der Waals surface area (Å²) in [4.78, 5) is 12.2. The van der Waals surface area contributed by atoms with E-state index < -0.39 is 11.6 Å². The highest BCUT2D eigenvalue weighted by Crippen LogP contribution is 2.38. The number of hydrogen-bond acceptors (Lipinski definition) is 5. The van der Waals surface area contributed by atoms with Gasteiger partial charge in [-0.25, -0.2) is 0 Å². The number of nitrogens with one attached hydrogen (secondary N) is 2. The van der Waals surface area contributed by atoms with Crippen LogP contribution >= 0.6 is 12.4 Å². The van der Waals surface area contributed by atoms with Gasteiger partial charge >= 0.3 is 0 Å². The lowest BCUT2D eigenvalue weighted by molar-refractivity contribution is -0.169. The van der Waals surface area contributed by atoms with Gasteiger partial charge in [-0.2, -0.15) is 0 Å². The lowest BCUT2D eigenvalue weighted by atomic mass is 9.75. The molecule has 0 unspecified atom stereocenters. The minimum atomic E-state index is -0.725. The number of amides is 1. The van der Waals surface area contributed by atoms with E-state index in [1.807, 2.05) is 6.92 Å². The van der Waals surface area contributed by atoms with Crippen LogP contribution in [-0.4, -0.2) is 48.0 Å². The molecular formula is C15H23ClN2O4. The molecule has 1 aromatic heterocycles. The van der Waals surface area contributed by atoms with E-state index in [1.165, 1.54) is 6.26 Å². The van der Waals surface area contributed by atoms with Gasteiger partial charge in [0.25, 0.3) is 5.91 Å². The van der Waals surface area contributed by atoms with Crippen LogP contribution in [0.15, 0.2) is 22.8 Å². The Bertz CT molecular complexity index is 502. The van der Waals surface area contributed by atoms with Gasteiger partial charge in [-0.1, -0.05) is 0 Å². The fourth-order valence-corrected chi connectivity index (χ4v) is 3.34. The summed E-state index contributed by atoms with van der Waals surface area (Å²) in [5, 5.41) is 16.6. The van der Waals surface area contributed by atoms with E-state index in [0.29, 0.717) is 6.42 Å². The van der Waals surface area contributed by atoms with Crippen molar-refractivity contribution in [1.29, 1.82) is 0 Å². The molecule has 2 aliphatic rings. The van der Waals surface area contributed by atoms with Crippen LogP contribution < -0.4 is 10.6 Å². The third kappa shape index (κ3) is 3.30. The van der Waals surface area contributed by atoms with E-state index in [1.54, 1.807) is 12.1 Å². The number of hydrogen-bond donors (Lipinski definition) is 3. The normalized spacial score (nSPS) is 30.5. The standard InChI is InChI=1S/C15H22N2O4.ClH/c1-14(17-13(19)11-3-2-8-20-11)10-15(21-9-12(14)18)4-6-16-7-5-15;/h2-3,8,12,16,18H,4-7,9-10H2,1H3,(H,17,19);1H/t12-,14-;/m0./s1. The topological polar surface area (TPSA) is 83.7 Å². The number of piperidine rings is 1. The number of carbonyl (C=O) groups is 1. The van der Waals surface area contributed by atoms with Crippen molar-refractivity contribution in [3.63, 3.8) is 0 Å². The van der Waals surface area contributed by atoms with Gasteiger partial charge in [0.1, 0.15) is 6.10 Å². The lowest BCUT2D eigenvalue weighted by Crippen LogP contribution is -2.65. The molecule has 1 spiro atoms.